The first-order chi connectivity index (χ1) is 9.47. The lowest BCUT2D eigenvalue weighted by molar-refractivity contribution is 0.0698. The first-order valence-corrected chi connectivity index (χ1v) is 7.04. The number of hydrogen-bond acceptors (Lipinski definition) is 4. The van der Waals surface area contributed by atoms with E-state index in [1.54, 1.807) is 6.07 Å². The van der Waals surface area contributed by atoms with E-state index in [1.165, 1.54) is 0 Å². The van der Waals surface area contributed by atoms with Crippen molar-refractivity contribution in [3.63, 3.8) is 0 Å². The van der Waals surface area contributed by atoms with Crippen molar-refractivity contribution < 1.29 is 15.0 Å². The minimum absolute atomic E-state index is 0.164. The van der Waals surface area contributed by atoms with Crippen LogP contribution in [0.25, 0.3) is 0 Å². The van der Waals surface area contributed by atoms with Gasteiger partial charge in [-0.25, -0.2) is 4.79 Å². The summed E-state index contributed by atoms with van der Waals surface area (Å²) in [6, 6.07) is 3.59. The highest BCUT2D eigenvalue weighted by Crippen LogP contribution is 2.40. The molecule has 1 aliphatic heterocycles. The highest BCUT2D eigenvalue weighted by atomic mass is 16.4. The van der Waals surface area contributed by atoms with Crippen molar-refractivity contribution in [2.45, 2.75) is 25.9 Å². The molecule has 1 heterocycles. The van der Waals surface area contributed by atoms with E-state index in [2.05, 4.69) is 4.90 Å². The van der Waals surface area contributed by atoms with Gasteiger partial charge in [-0.3, -0.25) is 0 Å². The highest BCUT2D eigenvalue weighted by molar-refractivity contribution is 5.95. The Balaban J connectivity index is 1.90. The van der Waals surface area contributed by atoms with Crippen LogP contribution >= 0.6 is 0 Å². The van der Waals surface area contributed by atoms with Crippen molar-refractivity contribution in [2.75, 3.05) is 23.7 Å². The lowest BCUT2D eigenvalue weighted by Crippen LogP contribution is -2.24. The van der Waals surface area contributed by atoms with Gasteiger partial charge < -0.3 is 20.8 Å². The maximum atomic E-state index is 11.3. The Hall–Kier alpha value is -1.75. The minimum Gasteiger partial charge on any atom is -0.478 e. The molecule has 2 aliphatic rings. The van der Waals surface area contributed by atoms with Gasteiger partial charge in [0.15, 0.2) is 0 Å². The van der Waals surface area contributed by atoms with Gasteiger partial charge in [-0.2, -0.15) is 0 Å². The molecule has 0 radical (unpaired) electrons. The number of nitrogen functional groups attached to an aromatic ring is 1. The molecule has 0 amide bonds. The van der Waals surface area contributed by atoms with Crippen LogP contribution in [0.5, 0.6) is 0 Å². The number of benzene rings is 1. The molecule has 3 atom stereocenters. The van der Waals surface area contributed by atoms with Gasteiger partial charge >= 0.3 is 5.97 Å². The van der Waals surface area contributed by atoms with E-state index in [0.717, 1.165) is 37.2 Å². The summed E-state index contributed by atoms with van der Waals surface area (Å²) < 4.78 is 0. The van der Waals surface area contributed by atoms with Gasteiger partial charge in [0.2, 0.25) is 0 Å². The molecule has 3 rings (SSSR count). The number of rotatable bonds is 2. The van der Waals surface area contributed by atoms with Crippen molar-refractivity contribution in [3.05, 3.63) is 23.3 Å². The van der Waals surface area contributed by atoms with E-state index in [4.69, 9.17) is 5.73 Å². The van der Waals surface area contributed by atoms with Crippen LogP contribution in [0.4, 0.5) is 11.4 Å². The van der Waals surface area contributed by atoms with E-state index in [1.807, 2.05) is 13.0 Å². The molecule has 1 saturated heterocycles. The Kier molecular flexibility index (Phi) is 3.09. The molecule has 1 aromatic rings. The van der Waals surface area contributed by atoms with Gasteiger partial charge in [-0.05, 0) is 43.4 Å². The number of carbonyl (C=O) groups is 1. The molecule has 1 saturated carbocycles. The summed E-state index contributed by atoms with van der Waals surface area (Å²) in [5.74, 6) is -0.149. The molecule has 20 heavy (non-hydrogen) atoms. The molecule has 1 aromatic carbocycles. The van der Waals surface area contributed by atoms with Crippen LogP contribution in [-0.2, 0) is 0 Å². The zero-order chi connectivity index (χ0) is 14.4. The molecule has 3 unspecified atom stereocenters. The summed E-state index contributed by atoms with van der Waals surface area (Å²) in [6.45, 7) is 3.52. The maximum absolute atomic E-state index is 11.3. The number of carboxylic acid groups (broad SMARTS) is 1. The van der Waals surface area contributed by atoms with E-state index in [0.29, 0.717) is 17.5 Å². The fourth-order valence-corrected chi connectivity index (χ4v) is 3.59. The van der Waals surface area contributed by atoms with Crippen molar-refractivity contribution in [3.8, 4) is 0 Å². The standard InChI is InChI=1S/C15H20N2O3/c1-8-4-10(5-11(14(8)16)15(19)20)17-6-9-2-3-13(18)12(9)7-17/h4-5,9,12-13,18H,2-3,6-7,16H2,1H3,(H,19,20). The molecule has 5 heteroatoms. The zero-order valence-electron chi connectivity index (χ0n) is 11.5. The van der Waals surface area contributed by atoms with Crippen molar-refractivity contribution in [1.29, 1.82) is 0 Å². The lowest BCUT2D eigenvalue weighted by atomic mass is 10.00. The summed E-state index contributed by atoms with van der Waals surface area (Å²) in [7, 11) is 0. The predicted molar refractivity (Wildman–Crippen MR) is 77.0 cm³/mol. The normalized spacial score (nSPS) is 28.7. The number of anilines is 2. The number of aliphatic hydroxyl groups excluding tert-OH is 1. The van der Waals surface area contributed by atoms with Crippen molar-refractivity contribution >= 4 is 17.3 Å². The number of aryl methyl sites for hydroxylation is 1. The van der Waals surface area contributed by atoms with Gasteiger partial charge in [-0.15, -0.1) is 0 Å². The monoisotopic (exact) mass is 276 g/mol. The third kappa shape index (κ3) is 2.02. The van der Waals surface area contributed by atoms with Crippen molar-refractivity contribution in [1.82, 2.24) is 0 Å². The quantitative estimate of drug-likeness (QED) is 0.712. The Morgan fingerprint density at radius 3 is 2.75 bits per heavy atom. The van der Waals surface area contributed by atoms with Gasteiger partial charge in [0.1, 0.15) is 0 Å². The van der Waals surface area contributed by atoms with Gasteiger partial charge in [0, 0.05) is 30.4 Å². The van der Waals surface area contributed by atoms with Crippen LogP contribution in [0.15, 0.2) is 12.1 Å². The molecule has 1 aliphatic carbocycles. The zero-order valence-corrected chi connectivity index (χ0v) is 11.5. The minimum atomic E-state index is -0.994. The summed E-state index contributed by atoms with van der Waals surface area (Å²) >= 11 is 0. The molecule has 108 valence electrons. The van der Waals surface area contributed by atoms with Crippen LogP contribution in [0.3, 0.4) is 0 Å². The van der Waals surface area contributed by atoms with E-state index < -0.39 is 5.97 Å². The first kappa shape index (κ1) is 13.2. The summed E-state index contributed by atoms with van der Waals surface area (Å²) in [4.78, 5) is 13.4. The average molecular weight is 276 g/mol. The second-order valence-corrected chi connectivity index (χ2v) is 6.00. The Bertz CT molecular complexity index is 558. The molecule has 0 bridgehead atoms. The van der Waals surface area contributed by atoms with E-state index in [9.17, 15) is 15.0 Å². The fourth-order valence-electron chi connectivity index (χ4n) is 3.59. The number of carboxylic acids is 1. The molecule has 5 nitrogen and oxygen atoms in total. The van der Waals surface area contributed by atoms with E-state index in [-0.39, 0.29) is 11.7 Å². The summed E-state index contributed by atoms with van der Waals surface area (Å²) in [5, 5.41) is 19.2. The second kappa shape index (κ2) is 4.66. The molecule has 2 fully saturated rings. The fraction of sp³-hybridized carbons (Fsp3) is 0.533. The topological polar surface area (TPSA) is 86.8 Å². The largest absolute Gasteiger partial charge is 0.478 e. The predicted octanol–water partition coefficient (Wildman–Crippen LogP) is 1.48. The van der Waals surface area contributed by atoms with Gasteiger partial charge in [0.05, 0.1) is 11.7 Å². The van der Waals surface area contributed by atoms with Crippen LogP contribution in [0.2, 0.25) is 0 Å². The van der Waals surface area contributed by atoms with Crippen molar-refractivity contribution in [2.24, 2.45) is 11.8 Å². The third-order valence-electron chi connectivity index (χ3n) is 4.79. The number of nitrogens with two attached hydrogens (primary N) is 1. The lowest BCUT2D eigenvalue weighted by Gasteiger charge is -2.22. The molecule has 0 spiro atoms. The van der Waals surface area contributed by atoms with E-state index >= 15 is 0 Å². The summed E-state index contributed by atoms with van der Waals surface area (Å²) in [5.41, 5.74) is 8.01. The van der Waals surface area contributed by atoms with Crippen LogP contribution in [-0.4, -0.2) is 35.4 Å². The number of nitrogens with zero attached hydrogens (tertiary/aromatic N) is 1. The summed E-state index contributed by atoms with van der Waals surface area (Å²) in [6.07, 6.45) is 1.74. The highest BCUT2D eigenvalue weighted by Gasteiger charge is 2.42. The molecular formula is C15H20N2O3. The van der Waals surface area contributed by atoms with Gasteiger partial charge in [0.25, 0.3) is 0 Å². The maximum Gasteiger partial charge on any atom is 0.337 e. The number of fused-ring (bicyclic) bond motifs is 1. The third-order valence-corrected chi connectivity index (χ3v) is 4.79. The SMILES string of the molecule is Cc1cc(N2CC3CCC(O)C3C2)cc(C(=O)O)c1N. The molecule has 0 aromatic heterocycles. The molecular weight excluding hydrogens is 256 g/mol. The smallest absolute Gasteiger partial charge is 0.337 e. The number of hydrogen-bond donors (Lipinski definition) is 3. The average Bonchev–Trinajstić information content (AvgIpc) is 2.95. The Morgan fingerprint density at radius 1 is 1.35 bits per heavy atom. The van der Waals surface area contributed by atoms with Crippen LogP contribution < -0.4 is 10.6 Å². The van der Waals surface area contributed by atoms with Crippen LogP contribution in [0, 0.1) is 18.8 Å². The Morgan fingerprint density at radius 2 is 2.10 bits per heavy atom. The van der Waals surface area contributed by atoms with Crippen LogP contribution in [0.1, 0.15) is 28.8 Å². The second-order valence-electron chi connectivity index (χ2n) is 6.00. The Labute approximate surface area is 118 Å². The molecule has 4 N–H and O–H groups in total. The first-order valence-electron chi connectivity index (χ1n) is 7.04. The number of aromatic carboxylic acids is 1. The number of aliphatic hydroxyl groups is 1. The van der Waals surface area contributed by atoms with Gasteiger partial charge in [-0.1, -0.05) is 0 Å².